The fourth-order valence-corrected chi connectivity index (χ4v) is 13.6. The molecule has 5 aliphatic heterocycles. The Kier molecular flexibility index (Phi) is 20.1. The van der Waals surface area contributed by atoms with Gasteiger partial charge in [-0.3, -0.25) is 0 Å². The molecule has 0 radical (unpaired) electrons. The van der Waals surface area contributed by atoms with Crippen LogP contribution in [0.15, 0.2) is 66.7 Å². The van der Waals surface area contributed by atoms with E-state index < -0.39 is 373 Å². The summed E-state index contributed by atoms with van der Waals surface area (Å²) in [6.45, 7) is -3.06. The molecule has 0 amide bonds. The maximum atomic E-state index is 15.4. The van der Waals surface area contributed by atoms with E-state index in [9.17, 15) is 176 Å². The predicted molar refractivity (Wildman–Crippen MR) is 379 cm³/mol. The Morgan fingerprint density at radius 3 is 0.976 bits per heavy atom. The normalized spacial score (nSPS) is 20.4. The number of ether oxygens (including phenoxy) is 12. The number of aliphatic hydroxyl groups is 1. The molecule has 27 N–H and O–H groups in total. The van der Waals surface area contributed by atoms with Crippen LogP contribution in [0.5, 0.6) is 161 Å². The van der Waals surface area contributed by atoms with Crippen LogP contribution < -0.4 is 4.74 Å². The highest BCUT2D eigenvalue weighted by Gasteiger charge is 2.58. The van der Waals surface area contributed by atoms with Gasteiger partial charge in [-0.25, -0.2) is 43.2 Å². The Balaban J connectivity index is 0.880. The molecule has 0 aliphatic carbocycles. The van der Waals surface area contributed by atoms with E-state index in [1.165, 1.54) is 0 Å². The van der Waals surface area contributed by atoms with Crippen LogP contribution in [0, 0.1) is 0 Å². The first-order chi connectivity index (χ1) is 57.9. The van der Waals surface area contributed by atoms with Gasteiger partial charge in [0.2, 0.25) is 58.4 Å². The molecule has 640 valence electrons. The van der Waals surface area contributed by atoms with Crippen molar-refractivity contribution in [2.45, 2.75) is 61.4 Å². The molecule has 0 spiro atoms. The van der Waals surface area contributed by atoms with Crippen LogP contribution in [-0.2, 0) is 52.1 Å². The molecule has 9 aromatic carbocycles. The van der Waals surface area contributed by atoms with Crippen molar-refractivity contribution in [3.63, 3.8) is 0 Å². The van der Waals surface area contributed by atoms with Gasteiger partial charge in [-0.15, -0.1) is 0 Å². The summed E-state index contributed by atoms with van der Waals surface area (Å²) < 4.78 is 67.9. The lowest BCUT2D eigenvalue weighted by Crippen LogP contribution is -2.63. The third kappa shape index (κ3) is 13.6. The number of benzene rings is 9. The Bertz CT molecular complexity index is 6140. The first-order valence-electron chi connectivity index (χ1n) is 34.2. The van der Waals surface area contributed by atoms with Gasteiger partial charge in [-0.2, -0.15) is 0 Å². The average molecular weight is 1720 g/mol. The van der Waals surface area contributed by atoms with Crippen molar-refractivity contribution in [3.8, 4) is 194 Å². The van der Waals surface area contributed by atoms with Crippen LogP contribution in [0.1, 0.15) is 93.2 Å². The number of fused-ring (bicyclic) bond motifs is 13. The number of carbonyl (C=O) groups excluding carboxylic acids is 9. The molecule has 0 saturated carbocycles. The molecule has 10 atom stereocenters. The smallest absolute Gasteiger partial charge is 0.344 e. The standard InChI is InChI=1S/C75H52O48/c76-23-1-14(2-24(77)42(23)86)65(102)119-62-60-35(13-113-67(104)16-5-27(80)44(88)51(95)36(16)37-17(70(107)118-60)6-28(81)45(89)52(37)96)116-75(64(62)122-66(103)15-3-25(78)43(87)26(79)4-15)123-73(110)22-10-32(85)49(93)57(101)58(22)114-33-11-21-41(56(100)50(33)94)40-18(7-29(82)48(92)55(40)99)69(106)117-59-34(12-112-68(21)105)115-74(111)63-61(59)120-71(108)19-8-30(83)46(90)53(97)38(19)39-20(72(109)121-63)9-31(84)47(91)54(39)98/h1-11,34-35,59-64,74-101,111H,12-13H2/t34-,35-,59-,60-,61+,62+,63-,64-,74-,75+/m1/s1. The summed E-state index contributed by atoms with van der Waals surface area (Å²) in [6.07, 6.45) is -27.2. The topological polar surface area (TPSA) is 811 Å². The summed E-state index contributed by atoms with van der Waals surface area (Å²) in [5.41, 5.74) is -18.8. The van der Waals surface area contributed by atoms with E-state index in [2.05, 4.69) is 0 Å². The summed E-state index contributed by atoms with van der Waals surface area (Å²) in [5, 5.41) is 297. The zero-order valence-corrected chi connectivity index (χ0v) is 60.2. The van der Waals surface area contributed by atoms with Gasteiger partial charge in [0, 0.05) is 45.5 Å². The van der Waals surface area contributed by atoms with E-state index in [1.54, 1.807) is 0 Å². The third-order valence-corrected chi connectivity index (χ3v) is 19.5. The number of aromatic hydroxyl groups is 26. The van der Waals surface area contributed by atoms with Crippen LogP contribution in [-0.4, -0.2) is 266 Å². The zero-order valence-electron chi connectivity index (χ0n) is 60.2. The lowest BCUT2D eigenvalue weighted by molar-refractivity contribution is -0.284. The third-order valence-electron chi connectivity index (χ3n) is 19.5. The quantitative estimate of drug-likeness (QED) is 0.0591. The van der Waals surface area contributed by atoms with Gasteiger partial charge in [0.15, 0.2) is 152 Å². The monoisotopic (exact) mass is 1720 g/mol. The molecule has 0 unspecified atom stereocenters. The molecule has 5 aliphatic rings. The summed E-state index contributed by atoms with van der Waals surface area (Å²) in [4.78, 5) is 133. The molecule has 48 heteroatoms. The van der Waals surface area contributed by atoms with Crippen LogP contribution in [0.3, 0.4) is 0 Å². The second-order valence-electron chi connectivity index (χ2n) is 26.8. The van der Waals surface area contributed by atoms with E-state index in [0.717, 1.165) is 0 Å². The Morgan fingerprint density at radius 1 is 0.285 bits per heavy atom. The number of hydrogen-bond donors (Lipinski definition) is 27. The van der Waals surface area contributed by atoms with Crippen molar-refractivity contribution in [1.29, 1.82) is 0 Å². The minimum atomic E-state index is -3.08. The van der Waals surface area contributed by atoms with Crippen LogP contribution >= 0.6 is 0 Å². The number of cyclic esters (lactones) is 2. The molecular weight excluding hydrogens is 1670 g/mol. The van der Waals surface area contributed by atoms with Crippen molar-refractivity contribution in [3.05, 3.63) is 117 Å². The Morgan fingerprint density at radius 2 is 0.585 bits per heavy atom. The highest BCUT2D eigenvalue weighted by molar-refractivity contribution is 6.12. The van der Waals surface area contributed by atoms with Gasteiger partial charge in [-0.1, -0.05) is 0 Å². The lowest BCUT2D eigenvalue weighted by atomic mass is 9.91. The van der Waals surface area contributed by atoms with Gasteiger partial charge in [0.25, 0.3) is 0 Å². The van der Waals surface area contributed by atoms with Crippen molar-refractivity contribution >= 4 is 53.7 Å². The van der Waals surface area contributed by atoms with Crippen molar-refractivity contribution in [2.75, 3.05) is 13.2 Å². The summed E-state index contributed by atoms with van der Waals surface area (Å²) in [6, 6.07) is 3.41. The van der Waals surface area contributed by atoms with Gasteiger partial charge in [-0.05, 0) is 54.6 Å². The molecule has 0 aromatic heterocycles. The highest BCUT2D eigenvalue weighted by Crippen LogP contribution is 2.59. The molecular formula is C75H52O48. The van der Waals surface area contributed by atoms with Crippen LogP contribution in [0.2, 0.25) is 0 Å². The number of phenols is 26. The van der Waals surface area contributed by atoms with E-state index in [4.69, 9.17) is 56.8 Å². The SMILES string of the molecule is O=C(O[C@@H]1[C@@H](OC(=O)c2cc(O)c(O)c(O)c2)[C@H](OC(=O)c2cc(O)c(O)c(O)c2Oc2cc3c(c(O)c2O)-c2c(cc(O)c(O)c2O)C(=O)O[C@H]2[C@@H]4OC(=O)c5cc(O)c(O)c(O)c5-c5c(cc(O)c(O)c5O)C(=O)O[C@H]4[C@H](O)O[C@@H]2COC3=O)O[C@@H]2COC(=O)c3cc(O)c(O)c(O)c3-c3c(cc(O)c(O)c3O)C(=O)O[C@@H]12)c1cc(O)c(O)c(O)c1. The number of phenolic OH excluding ortho intramolecular Hbond substituents is 26. The number of carbonyl (C=O) groups is 9. The van der Waals surface area contributed by atoms with E-state index in [0.29, 0.717) is 42.5 Å². The second-order valence-corrected chi connectivity index (χ2v) is 26.8. The molecule has 2 saturated heterocycles. The van der Waals surface area contributed by atoms with Crippen molar-refractivity contribution in [1.82, 2.24) is 0 Å². The van der Waals surface area contributed by atoms with Crippen LogP contribution in [0.4, 0.5) is 0 Å². The first kappa shape index (κ1) is 82.2. The van der Waals surface area contributed by atoms with Gasteiger partial charge in [0.05, 0.1) is 44.5 Å². The molecule has 9 aromatic rings. The van der Waals surface area contributed by atoms with E-state index in [-0.39, 0.29) is 24.3 Å². The maximum absolute atomic E-state index is 15.4. The predicted octanol–water partition coefficient (Wildman–Crippen LogP) is 2.73. The van der Waals surface area contributed by atoms with Crippen LogP contribution in [0.25, 0.3) is 33.4 Å². The van der Waals surface area contributed by atoms with E-state index >= 15 is 4.79 Å². The van der Waals surface area contributed by atoms with Gasteiger partial charge < -0.3 is 195 Å². The lowest BCUT2D eigenvalue weighted by Gasteiger charge is -2.43. The summed E-state index contributed by atoms with van der Waals surface area (Å²) >= 11 is 0. The number of esters is 9. The maximum Gasteiger partial charge on any atom is 0.344 e. The fourth-order valence-electron chi connectivity index (χ4n) is 13.6. The summed E-state index contributed by atoms with van der Waals surface area (Å²) in [7, 11) is 0. The molecule has 123 heavy (non-hydrogen) atoms. The van der Waals surface area contributed by atoms with E-state index in [1.807, 2.05) is 0 Å². The largest absolute Gasteiger partial charge is 0.504 e. The van der Waals surface area contributed by atoms with Crippen molar-refractivity contribution in [2.24, 2.45) is 0 Å². The molecule has 2 fully saturated rings. The minimum Gasteiger partial charge on any atom is -0.504 e. The Labute approximate surface area is 675 Å². The minimum absolute atomic E-state index is 0.110. The van der Waals surface area contributed by atoms with Gasteiger partial charge in [0.1, 0.15) is 31.0 Å². The second kappa shape index (κ2) is 30.0. The summed E-state index contributed by atoms with van der Waals surface area (Å²) in [5.74, 6) is -60.1. The average Bonchev–Trinajstić information content (AvgIpc) is 1.47. The molecule has 14 rings (SSSR count). The number of aliphatic hydroxyl groups excluding tert-OH is 1. The zero-order chi connectivity index (χ0) is 89.5. The first-order valence-corrected chi connectivity index (χ1v) is 34.2. The van der Waals surface area contributed by atoms with Gasteiger partial charge >= 0.3 is 53.7 Å². The fraction of sp³-hybridized carbons (Fsp3) is 0.160. The number of hydrogen-bond acceptors (Lipinski definition) is 48. The molecule has 48 nitrogen and oxygen atoms in total. The highest BCUT2D eigenvalue weighted by atomic mass is 16.8. The van der Waals surface area contributed by atoms with Crippen molar-refractivity contribution < 1.29 is 238 Å². The Hall–Kier alpha value is -17.3. The molecule has 0 bridgehead atoms. The molecule has 5 heterocycles. The number of rotatable bonds is 8.